The van der Waals surface area contributed by atoms with Crippen molar-refractivity contribution in [2.24, 2.45) is 5.41 Å². The Hall–Kier alpha value is -1.58. The Balaban J connectivity index is 2.86. The lowest BCUT2D eigenvalue weighted by Gasteiger charge is -2.19. The maximum atomic E-state index is 12.1. The number of nitrogens with one attached hydrogen (secondary N) is 2. The SMILES string of the molecule is CCNc1cc(C(=O)NCC(C)(C)C)cc(CC)n1. The van der Waals surface area contributed by atoms with E-state index in [0.717, 1.165) is 24.5 Å². The van der Waals surface area contributed by atoms with Gasteiger partial charge in [-0.15, -0.1) is 0 Å². The zero-order valence-electron chi connectivity index (χ0n) is 12.6. The van der Waals surface area contributed by atoms with E-state index in [0.29, 0.717) is 12.1 Å². The Morgan fingerprint density at radius 1 is 1.26 bits per heavy atom. The minimum absolute atomic E-state index is 0.0359. The second-order valence-corrected chi connectivity index (χ2v) is 5.86. The molecule has 1 aromatic rings. The van der Waals surface area contributed by atoms with Crippen LogP contribution in [0.15, 0.2) is 12.1 Å². The maximum absolute atomic E-state index is 12.1. The standard InChI is InChI=1S/C15H25N3O/c1-6-12-8-11(9-13(18-12)16-7-2)14(19)17-10-15(3,4)5/h8-9H,6-7,10H2,1-5H3,(H,16,18)(H,17,19). The van der Waals surface area contributed by atoms with E-state index in [9.17, 15) is 4.79 Å². The van der Waals surface area contributed by atoms with Crippen LogP contribution in [0, 0.1) is 5.41 Å². The molecule has 0 saturated heterocycles. The monoisotopic (exact) mass is 263 g/mol. The molecule has 19 heavy (non-hydrogen) atoms. The molecule has 0 fully saturated rings. The van der Waals surface area contributed by atoms with Gasteiger partial charge in [-0.1, -0.05) is 27.7 Å². The summed E-state index contributed by atoms with van der Waals surface area (Å²) in [4.78, 5) is 16.6. The lowest BCUT2D eigenvalue weighted by atomic mass is 9.97. The van der Waals surface area contributed by atoms with Crippen molar-refractivity contribution in [2.45, 2.75) is 41.0 Å². The molecule has 0 aromatic carbocycles. The van der Waals surface area contributed by atoms with E-state index in [2.05, 4.69) is 36.4 Å². The molecule has 2 N–H and O–H groups in total. The fourth-order valence-corrected chi connectivity index (χ4v) is 1.62. The first kappa shape index (κ1) is 15.5. The largest absolute Gasteiger partial charge is 0.370 e. The van der Waals surface area contributed by atoms with Gasteiger partial charge in [0.05, 0.1) is 0 Å². The summed E-state index contributed by atoms with van der Waals surface area (Å²) < 4.78 is 0. The van der Waals surface area contributed by atoms with E-state index in [4.69, 9.17) is 0 Å². The van der Waals surface area contributed by atoms with E-state index in [1.807, 2.05) is 19.9 Å². The highest BCUT2D eigenvalue weighted by molar-refractivity contribution is 5.95. The Morgan fingerprint density at radius 3 is 2.47 bits per heavy atom. The van der Waals surface area contributed by atoms with Crippen LogP contribution in [0.5, 0.6) is 0 Å². The quantitative estimate of drug-likeness (QED) is 0.859. The van der Waals surface area contributed by atoms with Crippen LogP contribution < -0.4 is 10.6 Å². The molecule has 0 atom stereocenters. The molecule has 1 rings (SSSR count). The molecule has 106 valence electrons. The van der Waals surface area contributed by atoms with Gasteiger partial charge in [-0.2, -0.15) is 0 Å². The first-order valence-electron chi connectivity index (χ1n) is 6.88. The molecule has 1 amide bonds. The van der Waals surface area contributed by atoms with Crippen molar-refractivity contribution in [3.63, 3.8) is 0 Å². The summed E-state index contributed by atoms with van der Waals surface area (Å²) in [5.74, 6) is 0.730. The molecule has 0 aliphatic carbocycles. The smallest absolute Gasteiger partial charge is 0.251 e. The molecule has 1 aromatic heterocycles. The second kappa shape index (κ2) is 6.55. The first-order valence-corrected chi connectivity index (χ1v) is 6.88. The number of pyridine rings is 1. The number of anilines is 1. The summed E-state index contributed by atoms with van der Waals surface area (Å²) in [5.41, 5.74) is 1.69. The van der Waals surface area contributed by atoms with Gasteiger partial charge in [-0.05, 0) is 30.9 Å². The van der Waals surface area contributed by atoms with Gasteiger partial charge in [0.25, 0.3) is 5.91 Å². The van der Waals surface area contributed by atoms with Gasteiger partial charge in [0.15, 0.2) is 0 Å². The molecule has 4 nitrogen and oxygen atoms in total. The highest BCUT2D eigenvalue weighted by Crippen LogP contribution is 2.13. The van der Waals surface area contributed by atoms with Crippen LogP contribution in [0.3, 0.4) is 0 Å². The zero-order valence-corrected chi connectivity index (χ0v) is 12.6. The Kier molecular flexibility index (Phi) is 5.33. The minimum atomic E-state index is -0.0359. The number of rotatable bonds is 5. The van der Waals surface area contributed by atoms with Gasteiger partial charge in [-0.3, -0.25) is 4.79 Å². The van der Waals surface area contributed by atoms with Gasteiger partial charge in [0.1, 0.15) is 5.82 Å². The van der Waals surface area contributed by atoms with Gasteiger partial charge in [0, 0.05) is 24.3 Å². The van der Waals surface area contributed by atoms with Gasteiger partial charge in [0.2, 0.25) is 0 Å². The van der Waals surface area contributed by atoms with Crippen LogP contribution in [-0.4, -0.2) is 24.0 Å². The van der Waals surface area contributed by atoms with E-state index < -0.39 is 0 Å². The molecule has 1 heterocycles. The van der Waals surface area contributed by atoms with Crippen molar-refractivity contribution in [3.8, 4) is 0 Å². The number of carbonyl (C=O) groups is 1. The molecule has 0 radical (unpaired) electrons. The lowest BCUT2D eigenvalue weighted by Crippen LogP contribution is -2.32. The fraction of sp³-hybridized carbons (Fsp3) is 0.600. The number of carbonyl (C=O) groups excluding carboxylic acids is 1. The van der Waals surface area contributed by atoms with E-state index in [1.54, 1.807) is 6.07 Å². The second-order valence-electron chi connectivity index (χ2n) is 5.86. The Labute approximate surface area is 116 Å². The summed E-state index contributed by atoms with van der Waals surface area (Å²) in [6.07, 6.45) is 0.818. The molecule has 0 spiro atoms. The summed E-state index contributed by atoms with van der Waals surface area (Å²) in [6.45, 7) is 11.8. The summed E-state index contributed by atoms with van der Waals surface area (Å²) in [6, 6.07) is 3.67. The van der Waals surface area contributed by atoms with E-state index in [1.165, 1.54) is 0 Å². The Bertz CT molecular complexity index is 436. The highest BCUT2D eigenvalue weighted by Gasteiger charge is 2.14. The third-order valence-corrected chi connectivity index (χ3v) is 2.64. The maximum Gasteiger partial charge on any atom is 0.251 e. The van der Waals surface area contributed by atoms with Crippen LogP contribution in [0.25, 0.3) is 0 Å². The van der Waals surface area contributed by atoms with Crippen molar-refractivity contribution in [3.05, 3.63) is 23.4 Å². The summed E-state index contributed by atoms with van der Waals surface area (Å²) >= 11 is 0. The molecular formula is C15H25N3O. The third kappa shape index (κ3) is 5.28. The minimum Gasteiger partial charge on any atom is -0.370 e. The first-order chi connectivity index (χ1) is 8.85. The lowest BCUT2D eigenvalue weighted by molar-refractivity contribution is 0.0939. The average Bonchev–Trinajstić information content (AvgIpc) is 2.35. The molecular weight excluding hydrogens is 238 g/mol. The number of aromatic nitrogens is 1. The van der Waals surface area contributed by atoms with Crippen LogP contribution in [0.4, 0.5) is 5.82 Å². The van der Waals surface area contributed by atoms with Crippen LogP contribution in [0.1, 0.15) is 50.7 Å². The summed E-state index contributed by atoms with van der Waals surface area (Å²) in [7, 11) is 0. The molecule has 0 aliphatic rings. The van der Waals surface area contributed by atoms with Crippen molar-refractivity contribution in [2.75, 3.05) is 18.4 Å². The number of aryl methyl sites for hydroxylation is 1. The van der Waals surface area contributed by atoms with Gasteiger partial charge < -0.3 is 10.6 Å². The number of hydrogen-bond donors (Lipinski definition) is 2. The summed E-state index contributed by atoms with van der Waals surface area (Å²) in [5, 5.41) is 6.12. The number of hydrogen-bond acceptors (Lipinski definition) is 3. The Morgan fingerprint density at radius 2 is 1.95 bits per heavy atom. The van der Waals surface area contributed by atoms with Crippen LogP contribution in [0.2, 0.25) is 0 Å². The van der Waals surface area contributed by atoms with Crippen molar-refractivity contribution in [1.29, 1.82) is 0 Å². The van der Waals surface area contributed by atoms with Crippen molar-refractivity contribution < 1.29 is 4.79 Å². The molecule has 0 bridgehead atoms. The predicted molar refractivity (Wildman–Crippen MR) is 79.6 cm³/mol. The van der Waals surface area contributed by atoms with Gasteiger partial charge >= 0.3 is 0 Å². The molecule has 0 aliphatic heterocycles. The zero-order chi connectivity index (χ0) is 14.5. The number of amides is 1. The van der Waals surface area contributed by atoms with Crippen LogP contribution in [-0.2, 0) is 6.42 Å². The van der Waals surface area contributed by atoms with Crippen molar-refractivity contribution in [1.82, 2.24) is 10.3 Å². The van der Waals surface area contributed by atoms with Crippen LogP contribution >= 0.6 is 0 Å². The normalized spacial score (nSPS) is 11.2. The molecule has 0 unspecified atom stereocenters. The van der Waals surface area contributed by atoms with E-state index >= 15 is 0 Å². The fourth-order valence-electron chi connectivity index (χ4n) is 1.62. The van der Waals surface area contributed by atoms with Gasteiger partial charge in [-0.25, -0.2) is 4.98 Å². The average molecular weight is 263 g/mol. The predicted octanol–water partition coefficient (Wildman–Crippen LogP) is 2.85. The topological polar surface area (TPSA) is 54.0 Å². The third-order valence-electron chi connectivity index (χ3n) is 2.64. The number of nitrogens with zero attached hydrogens (tertiary/aromatic N) is 1. The highest BCUT2D eigenvalue weighted by atomic mass is 16.1. The molecule has 4 heteroatoms. The molecule has 0 saturated carbocycles. The van der Waals surface area contributed by atoms with Crippen molar-refractivity contribution >= 4 is 11.7 Å². The van der Waals surface area contributed by atoms with E-state index in [-0.39, 0.29) is 11.3 Å².